The lowest BCUT2D eigenvalue weighted by atomic mass is 10.1. The maximum Gasteiger partial charge on any atom is 0.277 e. The average molecular weight is 209 g/mol. The molecule has 0 radical (unpaired) electrons. The van der Waals surface area contributed by atoms with E-state index in [0.29, 0.717) is 5.57 Å². The van der Waals surface area contributed by atoms with Crippen LogP contribution in [-0.4, -0.2) is 25.1 Å². The smallest absolute Gasteiger partial charge is 0.274 e. The van der Waals surface area contributed by atoms with Crippen molar-refractivity contribution in [1.82, 2.24) is 5.06 Å². The summed E-state index contributed by atoms with van der Waals surface area (Å²) in [5.74, 6) is -0.179. The molecule has 0 saturated carbocycles. The van der Waals surface area contributed by atoms with E-state index >= 15 is 0 Å². The molecule has 0 aromatic heterocycles. The Kier molecular flexibility index (Phi) is 5.64. The third-order valence-electron chi connectivity index (χ3n) is 1.65. The molecule has 0 fully saturated rings. The van der Waals surface area contributed by atoms with E-state index < -0.39 is 0 Å². The van der Waals surface area contributed by atoms with Crippen molar-refractivity contribution < 1.29 is 9.63 Å². The summed E-state index contributed by atoms with van der Waals surface area (Å²) in [6, 6.07) is 0. The highest BCUT2D eigenvalue weighted by atomic mass is 16.7. The summed E-state index contributed by atoms with van der Waals surface area (Å²) in [4.78, 5) is 16.6. The normalized spacial score (nSPS) is 10.9. The summed E-state index contributed by atoms with van der Waals surface area (Å²) in [6.45, 7) is 9.47. The van der Waals surface area contributed by atoms with Crippen LogP contribution in [0.1, 0.15) is 20.8 Å². The highest BCUT2D eigenvalue weighted by Crippen LogP contribution is 2.09. The SMILES string of the molecule is C=C(C)/C=C(\C=C(C)C)C(=O)N(C)OC. The second-order valence-electron chi connectivity index (χ2n) is 3.65. The molecule has 3 heteroatoms. The second-order valence-corrected chi connectivity index (χ2v) is 3.65. The van der Waals surface area contributed by atoms with Gasteiger partial charge in [0.1, 0.15) is 0 Å². The van der Waals surface area contributed by atoms with Crippen LogP contribution in [0.5, 0.6) is 0 Å². The van der Waals surface area contributed by atoms with Gasteiger partial charge in [-0.1, -0.05) is 23.8 Å². The van der Waals surface area contributed by atoms with Crippen molar-refractivity contribution in [2.75, 3.05) is 14.2 Å². The maximum atomic E-state index is 11.8. The Morgan fingerprint density at radius 3 is 2.13 bits per heavy atom. The van der Waals surface area contributed by atoms with Crippen molar-refractivity contribution in [1.29, 1.82) is 0 Å². The molecule has 0 aliphatic heterocycles. The summed E-state index contributed by atoms with van der Waals surface area (Å²) in [5.41, 5.74) is 2.47. The molecule has 84 valence electrons. The summed E-state index contributed by atoms with van der Waals surface area (Å²) >= 11 is 0. The zero-order valence-corrected chi connectivity index (χ0v) is 10.1. The van der Waals surface area contributed by atoms with Gasteiger partial charge in [-0.05, 0) is 26.8 Å². The topological polar surface area (TPSA) is 29.5 Å². The van der Waals surface area contributed by atoms with Gasteiger partial charge < -0.3 is 0 Å². The van der Waals surface area contributed by atoms with E-state index in [1.807, 2.05) is 26.8 Å². The van der Waals surface area contributed by atoms with Gasteiger partial charge >= 0.3 is 0 Å². The van der Waals surface area contributed by atoms with Crippen LogP contribution in [0.15, 0.2) is 35.5 Å². The Balaban J connectivity index is 5.05. The van der Waals surface area contributed by atoms with E-state index in [4.69, 9.17) is 4.84 Å². The molecule has 0 unspecified atom stereocenters. The number of hydrogen-bond donors (Lipinski definition) is 0. The molecule has 0 aromatic rings. The minimum Gasteiger partial charge on any atom is -0.274 e. The Hall–Kier alpha value is -1.35. The molecule has 0 aromatic carbocycles. The zero-order valence-electron chi connectivity index (χ0n) is 10.1. The van der Waals surface area contributed by atoms with Crippen LogP contribution in [0, 0.1) is 0 Å². The molecular formula is C12H19NO2. The van der Waals surface area contributed by atoms with Crippen molar-refractivity contribution in [3.63, 3.8) is 0 Å². The van der Waals surface area contributed by atoms with Gasteiger partial charge in [0.05, 0.1) is 7.11 Å². The fourth-order valence-corrected chi connectivity index (χ4v) is 1.01. The van der Waals surface area contributed by atoms with Crippen molar-refractivity contribution in [2.45, 2.75) is 20.8 Å². The average Bonchev–Trinajstić information content (AvgIpc) is 2.13. The number of carbonyl (C=O) groups excluding carboxylic acids is 1. The number of hydrogen-bond acceptors (Lipinski definition) is 2. The molecule has 0 saturated heterocycles. The van der Waals surface area contributed by atoms with Gasteiger partial charge in [-0.2, -0.15) is 0 Å². The summed E-state index contributed by atoms with van der Waals surface area (Å²) in [6.07, 6.45) is 3.55. The van der Waals surface area contributed by atoms with Gasteiger partial charge in [-0.25, -0.2) is 5.06 Å². The lowest BCUT2D eigenvalue weighted by Gasteiger charge is -2.14. The van der Waals surface area contributed by atoms with Crippen LogP contribution in [0.3, 0.4) is 0 Å². The van der Waals surface area contributed by atoms with Crippen LogP contribution in [-0.2, 0) is 9.63 Å². The predicted molar refractivity (Wildman–Crippen MR) is 62.1 cm³/mol. The van der Waals surface area contributed by atoms with E-state index in [-0.39, 0.29) is 5.91 Å². The maximum absolute atomic E-state index is 11.8. The Morgan fingerprint density at radius 1 is 1.27 bits per heavy atom. The zero-order chi connectivity index (χ0) is 12.0. The van der Waals surface area contributed by atoms with Gasteiger partial charge in [0.25, 0.3) is 5.91 Å². The number of hydroxylamine groups is 2. The summed E-state index contributed by atoms with van der Waals surface area (Å²) in [5, 5.41) is 1.19. The standard InChI is InChI=1S/C12H19NO2/c1-9(2)7-11(8-10(3)4)12(14)13(5)15-6/h7-8H,1H2,2-6H3/b11-7+. The van der Waals surface area contributed by atoms with Gasteiger partial charge in [-0.3, -0.25) is 9.63 Å². The van der Waals surface area contributed by atoms with Crippen LogP contribution in [0.2, 0.25) is 0 Å². The lowest BCUT2D eigenvalue weighted by Crippen LogP contribution is -2.26. The first-order valence-corrected chi connectivity index (χ1v) is 4.72. The first-order chi connectivity index (χ1) is 6.88. The first kappa shape index (κ1) is 13.7. The molecule has 0 bridgehead atoms. The summed E-state index contributed by atoms with van der Waals surface area (Å²) < 4.78 is 0. The van der Waals surface area contributed by atoms with Gasteiger partial charge in [0.15, 0.2) is 0 Å². The molecule has 1 amide bonds. The number of allylic oxidation sites excluding steroid dienone is 3. The van der Waals surface area contributed by atoms with Crippen LogP contribution >= 0.6 is 0 Å². The van der Waals surface area contributed by atoms with Gasteiger partial charge in [-0.15, -0.1) is 0 Å². The van der Waals surface area contributed by atoms with Crippen molar-refractivity contribution in [3.05, 3.63) is 35.5 Å². The second kappa shape index (κ2) is 6.19. The van der Waals surface area contributed by atoms with Crippen LogP contribution < -0.4 is 0 Å². The highest BCUT2D eigenvalue weighted by molar-refractivity contribution is 5.95. The molecule has 15 heavy (non-hydrogen) atoms. The Bertz CT molecular complexity index is 310. The third-order valence-corrected chi connectivity index (χ3v) is 1.65. The fraction of sp³-hybridized carbons (Fsp3) is 0.417. The van der Waals surface area contributed by atoms with Crippen molar-refractivity contribution >= 4 is 5.91 Å². The number of carbonyl (C=O) groups is 1. The van der Waals surface area contributed by atoms with Gasteiger partial charge in [0, 0.05) is 12.6 Å². The molecule has 0 N–H and O–H groups in total. The Morgan fingerprint density at radius 2 is 1.80 bits per heavy atom. The quantitative estimate of drug-likeness (QED) is 0.404. The van der Waals surface area contributed by atoms with E-state index in [2.05, 4.69) is 6.58 Å². The lowest BCUT2D eigenvalue weighted by molar-refractivity contribution is -0.163. The predicted octanol–water partition coefficient (Wildman–Crippen LogP) is 2.47. The molecule has 0 aliphatic carbocycles. The molecule has 0 aliphatic rings. The number of rotatable bonds is 4. The molecule has 0 heterocycles. The summed E-state index contributed by atoms with van der Waals surface area (Å²) in [7, 11) is 3.03. The molecule has 3 nitrogen and oxygen atoms in total. The van der Waals surface area contributed by atoms with Crippen LogP contribution in [0.4, 0.5) is 0 Å². The Labute approximate surface area is 91.7 Å². The van der Waals surface area contributed by atoms with E-state index in [0.717, 1.165) is 11.1 Å². The van der Waals surface area contributed by atoms with E-state index in [9.17, 15) is 4.79 Å². The monoisotopic (exact) mass is 209 g/mol. The van der Waals surface area contributed by atoms with E-state index in [1.54, 1.807) is 13.1 Å². The van der Waals surface area contributed by atoms with Gasteiger partial charge in [0.2, 0.25) is 0 Å². The molecule has 0 atom stereocenters. The molecular weight excluding hydrogens is 190 g/mol. The van der Waals surface area contributed by atoms with E-state index in [1.165, 1.54) is 12.2 Å². The minimum absolute atomic E-state index is 0.179. The minimum atomic E-state index is -0.179. The molecule has 0 rings (SSSR count). The molecule has 0 spiro atoms. The number of likely N-dealkylation sites (N-methyl/N-ethyl adjacent to an activating group) is 1. The fourth-order valence-electron chi connectivity index (χ4n) is 1.01. The third kappa shape index (κ3) is 5.18. The van der Waals surface area contributed by atoms with Crippen molar-refractivity contribution in [2.24, 2.45) is 0 Å². The largest absolute Gasteiger partial charge is 0.277 e. The highest BCUT2D eigenvalue weighted by Gasteiger charge is 2.12. The van der Waals surface area contributed by atoms with Crippen LogP contribution in [0.25, 0.3) is 0 Å². The van der Waals surface area contributed by atoms with Crippen molar-refractivity contribution in [3.8, 4) is 0 Å². The number of nitrogens with zero attached hydrogens (tertiary/aromatic N) is 1. The number of amides is 1. The first-order valence-electron chi connectivity index (χ1n) is 4.72.